The molecule has 0 aliphatic heterocycles. The number of carbonyl (C=O) groups is 1. The number of hydrogen-bond donors (Lipinski definition) is 0. The largest absolute Gasteiger partial charge is 0.501 e. The molecule has 0 fully saturated rings. The maximum Gasteiger partial charge on any atom is 0.501 e. The van der Waals surface area contributed by atoms with Gasteiger partial charge in [-0.05, 0) is 32.6 Å². The zero-order valence-corrected chi connectivity index (χ0v) is 15.6. The molecule has 130 valence electrons. The Bertz CT molecular complexity index is 301. The lowest BCUT2D eigenvalue weighted by Gasteiger charge is -2.32. The molecule has 0 amide bonds. The number of ether oxygens (including phenoxy) is 1. The van der Waals surface area contributed by atoms with E-state index >= 15 is 0 Å². The lowest BCUT2D eigenvalue weighted by atomic mass is 10.3. The van der Waals surface area contributed by atoms with Crippen LogP contribution in [0, 0.1) is 0 Å². The first kappa shape index (κ1) is 21.3. The normalized spacial score (nSPS) is 12.9. The third-order valence-corrected chi connectivity index (χ3v) is 6.06. The molecule has 0 aliphatic rings. The van der Waals surface area contributed by atoms with Gasteiger partial charge in [-0.3, -0.25) is 0 Å². The minimum absolute atomic E-state index is 0.0936. The van der Waals surface area contributed by atoms with Gasteiger partial charge >= 0.3 is 14.8 Å². The molecule has 6 heteroatoms. The summed E-state index contributed by atoms with van der Waals surface area (Å²) < 4.78 is 23.2. The predicted molar refractivity (Wildman–Crippen MR) is 89.7 cm³/mol. The van der Waals surface area contributed by atoms with Crippen molar-refractivity contribution in [3.63, 3.8) is 0 Å². The Morgan fingerprint density at radius 2 is 1.73 bits per heavy atom. The maximum atomic E-state index is 11.1. The standard InChI is InChI=1S/C16H32O5Si/c1-6-11-19-22(20-12-7-2,21-15(5)8-3)14-10-13-18-16(17)9-4/h9,15H,4,6-8,10-14H2,1-3,5H3/t15-/m1/s1. The molecule has 0 aliphatic carbocycles. The quantitative estimate of drug-likeness (QED) is 0.210. The number of carbonyl (C=O) groups excluding carboxylic acids is 1. The molecule has 0 spiro atoms. The van der Waals surface area contributed by atoms with E-state index < -0.39 is 14.8 Å². The summed E-state index contributed by atoms with van der Waals surface area (Å²) in [5.41, 5.74) is 0. The fraction of sp³-hybridized carbons (Fsp3) is 0.812. The fourth-order valence-electron chi connectivity index (χ4n) is 1.74. The van der Waals surface area contributed by atoms with Crippen LogP contribution in [0.15, 0.2) is 12.7 Å². The Morgan fingerprint density at radius 1 is 1.14 bits per heavy atom. The van der Waals surface area contributed by atoms with E-state index in [9.17, 15) is 4.79 Å². The van der Waals surface area contributed by atoms with Gasteiger partial charge in [0.25, 0.3) is 0 Å². The van der Waals surface area contributed by atoms with Crippen LogP contribution in [-0.2, 0) is 22.8 Å². The van der Waals surface area contributed by atoms with E-state index in [0.717, 1.165) is 19.3 Å². The number of esters is 1. The molecule has 0 aromatic carbocycles. The van der Waals surface area contributed by atoms with E-state index in [-0.39, 0.29) is 6.10 Å². The average Bonchev–Trinajstić information content (AvgIpc) is 2.54. The molecule has 0 unspecified atom stereocenters. The number of rotatable bonds is 14. The molecule has 0 radical (unpaired) electrons. The molecule has 0 N–H and O–H groups in total. The van der Waals surface area contributed by atoms with Crippen LogP contribution in [0.3, 0.4) is 0 Å². The van der Waals surface area contributed by atoms with E-state index in [1.807, 2.05) is 6.92 Å². The molecule has 0 aromatic rings. The van der Waals surface area contributed by atoms with Crippen molar-refractivity contribution >= 4 is 14.8 Å². The van der Waals surface area contributed by atoms with Crippen molar-refractivity contribution in [2.24, 2.45) is 0 Å². The SMILES string of the molecule is C=CC(=O)OCCC[Si](OCCC)(OCCC)O[C@H](C)CC. The molecule has 0 saturated heterocycles. The molecule has 0 heterocycles. The minimum Gasteiger partial charge on any atom is -0.463 e. The Hall–Kier alpha value is -0.693. The van der Waals surface area contributed by atoms with Gasteiger partial charge < -0.3 is 18.0 Å². The third-order valence-electron chi connectivity index (χ3n) is 3.05. The van der Waals surface area contributed by atoms with Gasteiger partial charge in [-0.15, -0.1) is 0 Å². The zero-order chi connectivity index (χ0) is 16.8. The molecule has 0 rings (SSSR count). The second-order valence-corrected chi connectivity index (χ2v) is 7.87. The van der Waals surface area contributed by atoms with Gasteiger partial charge in [-0.2, -0.15) is 0 Å². The topological polar surface area (TPSA) is 54.0 Å². The van der Waals surface area contributed by atoms with E-state index in [0.29, 0.717) is 32.3 Å². The van der Waals surface area contributed by atoms with Crippen LogP contribution in [0.1, 0.15) is 53.4 Å². The first-order valence-corrected chi connectivity index (χ1v) is 10.2. The van der Waals surface area contributed by atoms with Crippen molar-refractivity contribution < 1.29 is 22.8 Å². The highest BCUT2D eigenvalue weighted by molar-refractivity contribution is 6.60. The van der Waals surface area contributed by atoms with Crippen LogP contribution in [0.2, 0.25) is 6.04 Å². The monoisotopic (exact) mass is 332 g/mol. The Morgan fingerprint density at radius 3 is 2.18 bits per heavy atom. The maximum absolute atomic E-state index is 11.1. The molecule has 0 aromatic heterocycles. The van der Waals surface area contributed by atoms with Crippen molar-refractivity contribution in [2.75, 3.05) is 19.8 Å². The second kappa shape index (κ2) is 12.8. The third kappa shape index (κ3) is 9.35. The molecule has 5 nitrogen and oxygen atoms in total. The second-order valence-electron chi connectivity index (χ2n) is 5.19. The highest BCUT2D eigenvalue weighted by Crippen LogP contribution is 2.22. The molecular formula is C16H32O5Si. The first-order chi connectivity index (χ1) is 10.5. The van der Waals surface area contributed by atoms with Crippen molar-refractivity contribution in [2.45, 2.75) is 65.5 Å². The highest BCUT2D eigenvalue weighted by atomic mass is 28.4. The van der Waals surface area contributed by atoms with Crippen LogP contribution in [0.4, 0.5) is 0 Å². The Labute approximate surface area is 136 Å². The summed E-state index contributed by atoms with van der Waals surface area (Å²) in [6, 6.07) is 0.655. The van der Waals surface area contributed by atoms with E-state index in [1.54, 1.807) is 0 Å². The smallest absolute Gasteiger partial charge is 0.463 e. The van der Waals surface area contributed by atoms with Crippen LogP contribution in [-0.4, -0.2) is 40.7 Å². The van der Waals surface area contributed by atoms with Crippen molar-refractivity contribution in [3.8, 4) is 0 Å². The van der Waals surface area contributed by atoms with Crippen LogP contribution < -0.4 is 0 Å². The molecule has 0 bridgehead atoms. The van der Waals surface area contributed by atoms with E-state index in [4.69, 9.17) is 18.0 Å². The summed E-state index contributed by atoms with van der Waals surface area (Å²) in [5.74, 6) is -0.404. The van der Waals surface area contributed by atoms with Crippen molar-refractivity contribution in [1.29, 1.82) is 0 Å². The summed E-state index contributed by atoms with van der Waals surface area (Å²) in [6.45, 7) is 13.2. The lowest BCUT2D eigenvalue weighted by Crippen LogP contribution is -2.48. The molecule has 0 saturated carbocycles. The zero-order valence-electron chi connectivity index (χ0n) is 14.6. The Balaban J connectivity index is 4.66. The van der Waals surface area contributed by atoms with Crippen molar-refractivity contribution in [1.82, 2.24) is 0 Å². The fourth-order valence-corrected chi connectivity index (χ4v) is 4.75. The van der Waals surface area contributed by atoms with Crippen LogP contribution in [0.25, 0.3) is 0 Å². The Kier molecular flexibility index (Phi) is 12.4. The average molecular weight is 333 g/mol. The minimum atomic E-state index is -2.72. The first-order valence-electron chi connectivity index (χ1n) is 8.28. The van der Waals surface area contributed by atoms with Gasteiger partial charge in [0.15, 0.2) is 0 Å². The van der Waals surface area contributed by atoms with Gasteiger partial charge in [-0.1, -0.05) is 27.4 Å². The summed E-state index contributed by atoms with van der Waals surface area (Å²) in [7, 11) is -2.72. The van der Waals surface area contributed by atoms with Gasteiger partial charge in [0.1, 0.15) is 0 Å². The lowest BCUT2D eigenvalue weighted by molar-refractivity contribution is -0.137. The number of hydrogen-bond acceptors (Lipinski definition) is 5. The van der Waals surface area contributed by atoms with Crippen LogP contribution >= 0.6 is 0 Å². The summed E-state index contributed by atoms with van der Waals surface area (Å²) in [6.07, 6.45) is 4.66. The van der Waals surface area contributed by atoms with E-state index in [2.05, 4.69) is 27.4 Å². The summed E-state index contributed by atoms with van der Waals surface area (Å²) in [4.78, 5) is 11.1. The van der Waals surface area contributed by atoms with Gasteiger partial charge in [0, 0.05) is 31.4 Å². The molecule has 22 heavy (non-hydrogen) atoms. The van der Waals surface area contributed by atoms with Crippen LogP contribution in [0.5, 0.6) is 0 Å². The van der Waals surface area contributed by atoms with E-state index in [1.165, 1.54) is 6.08 Å². The van der Waals surface area contributed by atoms with Crippen molar-refractivity contribution in [3.05, 3.63) is 12.7 Å². The van der Waals surface area contributed by atoms with Gasteiger partial charge in [0.2, 0.25) is 0 Å². The highest BCUT2D eigenvalue weighted by Gasteiger charge is 2.41. The summed E-state index contributed by atoms with van der Waals surface area (Å²) >= 11 is 0. The molecular weight excluding hydrogens is 300 g/mol. The van der Waals surface area contributed by atoms with Gasteiger partial charge in [0.05, 0.1) is 6.61 Å². The van der Waals surface area contributed by atoms with Gasteiger partial charge in [-0.25, -0.2) is 4.79 Å². The summed E-state index contributed by atoms with van der Waals surface area (Å²) in [5, 5.41) is 0. The predicted octanol–water partition coefficient (Wildman–Crippen LogP) is 3.71. The molecule has 1 atom stereocenters.